The molecule has 2 aliphatic rings. The lowest BCUT2D eigenvalue weighted by Crippen LogP contribution is -2.42. The molecule has 0 aliphatic carbocycles. The zero-order valence-electron chi connectivity index (χ0n) is 18.3. The van der Waals surface area contributed by atoms with Crippen molar-refractivity contribution in [3.8, 4) is 0 Å². The molecule has 2 heterocycles. The van der Waals surface area contributed by atoms with Gasteiger partial charge in [0.25, 0.3) is 0 Å². The van der Waals surface area contributed by atoms with Crippen LogP contribution in [0, 0.1) is 5.82 Å². The van der Waals surface area contributed by atoms with E-state index in [2.05, 4.69) is 0 Å². The Kier molecular flexibility index (Phi) is 9.11. The summed E-state index contributed by atoms with van der Waals surface area (Å²) in [6.07, 6.45) is -2.38. The first-order chi connectivity index (χ1) is 16.1. The number of carbonyl (C=O) groups is 3. The third kappa shape index (κ3) is 6.37. The number of cyclic esters (lactones) is 1. The molecule has 2 fully saturated rings. The summed E-state index contributed by atoms with van der Waals surface area (Å²) in [6, 6.07) is 4.35. The van der Waals surface area contributed by atoms with E-state index in [0.29, 0.717) is 32.0 Å². The Labute approximate surface area is 197 Å². The van der Waals surface area contributed by atoms with Gasteiger partial charge in [0.15, 0.2) is 16.8 Å². The molecule has 0 aromatic heterocycles. The van der Waals surface area contributed by atoms with E-state index in [1.807, 2.05) is 4.90 Å². The summed E-state index contributed by atoms with van der Waals surface area (Å²) in [6.45, 7) is 2.78. The van der Waals surface area contributed by atoms with Gasteiger partial charge in [-0.1, -0.05) is 0 Å². The van der Waals surface area contributed by atoms with Gasteiger partial charge in [0, 0.05) is 26.4 Å². The Bertz CT molecular complexity index is 909. The number of hydrogen-bond donors (Lipinski definition) is 4. The molecule has 12 nitrogen and oxygen atoms in total. The first kappa shape index (κ1) is 26.6. The van der Waals surface area contributed by atoms with Gasteiger partial charge in [0.1, 0.15) is 17.3 Å². The summed E-state index contributed by atoms with van der Waals surface area (Å²) in [4.78, 5) is 77.9. The van der Waals surface area contributed by atoms with Gasteiger partial charge >= 0.3 is 6.09 Å². The number of ether oxygens (including phenoxy) is 2. The number of anilines is 2. The number of hydrogen-bond acceptors (Lipinski definition) is 10. The highest BCUT2D eigenvalue weighted by Gasteiger charge is 2.37. The van der Waals surface area contributed by atoms with Crippen molar-refractivity contribution in [3.05, 3.63) is 24.0 Å². The molecule has 0 spiro atoms. The summed E-state index contributed by atoms with van der Waals surface area (Å²) in [5.41, 5.74) is 0.639. The molecule has 2 aliphatic heterocycles. The largest absolute Gasteiger partial charge is 0.442 e. The van der Waals surface area contributed by atoms with E-state index in [1.165, 1.54) is 11.0 Å². The molecule has 3 rings (SSSR count). The Hall–Kier alpha value is -1.98. The second-order valence-electron chi connectivity index (χ2n) is 7.70. The van der Waals surface area contributed by atoms with Crippen molar-refractivity contribution in [2.75, 3.05) is 49.2 Å². The number of nitrogens with zero attached hydrogens (tertiary/aromatic N) is 3. The Morgan fingerprint density at radius 3 is 2.41 bits per heavy atom. The van der Waals surface area contributed by atoms with Crippen LogP contribution in [0.2, 0.25) is 0 Å². The van der Waals surface area contributed by atoms with E-state index in [1.54, 1.807) is 12.1 Å². The maximum Gasteiger partial charge on any atom is 0.414 e. The highest BCUT2D eigenvalue weighted by molar-refractivity contribution is 7.64. The summed E-state index contributed by atoms with van der Waals surface area (Å²) in [7, 11) is -5.64. The minimum absolute atomic E-state index is 0.0604. The van der Waals surface area contributed by atoms with Crippen molar-refractivity contribution >= 4 is 46.0 Å². The lowest BCUT2D eigenvalue weighted by atomic mass is 10.2. The molecular weight excluding hydrogens is 495 g/mol. The summed E-state index contributed by atoms with van der Waals surface area (Å²) in [5.74, 6) is -2.09. The third-order valence-corrected chi connectivity index (χ3v) is 8.10. The number of amides is 3. The zero-order chi connectivity index (χ0) is 25.0. The minimum atomic E-state index is -2.82. The number of morpholine rings is 1. The van der Waals surface area contributed by atoms with Gasteiger partial charge in [-0.2, -0.15) is 0 Å². The molecule has 1 aromatic carbocycles. The van der Waals surface area contributed by atoms with Gasteiger partial charge in [-0.25, -0.2) is 9.18 Å². The Morgan fingerprint density at radius 1 is 1.21 bits per heavy atom. The fourth-order valence-electron chi connectivity index (χ4n) is 3.68. The van der Waals surface area contributed by atoms with Crippen LogP contribution in [0.1, 0.15) is 13.3 Å². The highest BCUT2D eigenvalue weighted by atomic mass is 31.2. The van der Waals surface area contributed by atoms with E-state index < -0.39 is 58.4 Å². The normalized spacial score (nSPS) is 18.7. The van der Waals surface area contributed by atoms with E-state index in [4.69, 9.17) is 9.47 Å². The van der Waals surface area contributed by atoms with Gasteiger partial charge in [-0.3, -0.25) is 19.4 Å². The van der Waals surface area contributed by atoms with Gasteiger partial charge in [0.05, 0.1) is 37.7 Å². The number of benzene rings is 1. The average molecular weight is 521 g/mol. The van der Waals surface area contributed by atoms with Crippen molar-refractivity contribution in [2.45, 2.75) is 24.8 Å². The highest BCUT2D eigenvalue weighted by Crippen LogP contribution is 2.51. The Balaban J connectivity index is 1.67. The van der Waals surface area contributed by atoms with Crippen LogP contribution >= 0.6 is 16.8 Å². The van der Waals surface area contributed by atoms with E-state index in [0.717, 1.165) is 11.8 Å². The van der Waals surface area contributed by atoms with Crippen LogP contribution in [-0.4, -0.2) is 93.3 Å². The topological polar surface area (TPSA) is 160 Å². The summed E-state index contributed by atoms with van der Waals surface area (Å²) in [5, 5.41) is -1.50. The van der Waals surface area contributed by atoms with Gasteiger partial charge in [-0.05, 0) is 18.2 Å². The van der Waals surface area contributed by atoms with Gasteiger partial charge < -0.3 is 33.9 Å². The van der Waals surface area contributed by atoms with Crippen LogP contribution in [0.3, 0.4) is 0 Å². The minimum Gasteiger partial charge on any atom is -0.442 e. The second-order valence-corrected chi connectivity index (χ2v) is 10.6. The molecule has 2 saturated heterocycles. The Morgan fingerprint density at radius 2 is 1.85 bits per heavy atom. The van der Waals surface area contributed by atoms with Crippen LogP contribution in [0.25, 0.3) is 0 Å². The molecule has 0 saturated carbocycles. The third-order valence-electron chi connectivity index (χ3n) is 5.43. The van der Waals surface area contributed by atoms with E-state index >= 15 is 0 Å². The molecule has 1 unspecified atom stereocenters. The van der Waals surface area contributed by atoms with Crippen molar-refractivity contribution in [2.24, 2.45) is 0 Å². The van der Waals surface area contributed by atoms with Crippen LogP contribution in [0.4, 0.5) is 20.6 Å². The molecule has 15 heteroatoms. The zero-order valence-corrected chi connectivity index (χ0v) is 20.1. The molecule has 188 valence electrons. The predicted molar refractivity (Wildman–Crippen MR) is 121 cm³/mol. The van der Waals surface area contributed by atoms with Crippen LogP contribution in [0.15, 0.2) is 18.2 Å². The maximum absolute atomic E-state index is 14.7. The van der Waals surface area contributed by atoms with Crippen molar-refractivity contribution in [1.29, 1.82) is 0 Å². The lowest BCUT2D eigenvalue weighted by molar-refractivity contribution is -0.144. The fraction of sp³-hybridized carbons (Fsp3) is 0.526. The molecule has 1 aromatic rings. The SMILES string of the molecule is CC(=O)N(CC1CN(c2ccc(N3CCOCC3)c(F)c2)C(=O)O1)C(=O)CC(P(O)O)P(O)O. The fourth-order valence-corrected chi connectivity index (χ4v) is 5.06. The lowest BCUT2D eigenvalue weighted by Gasteiger charge is -2.29. The monoisotopic (exact) mass is 521 g/mol. The van der Waals surface area contributed by atoms with E-state index in [9.17, 15) is 38.3 Å². The maximum atomic E-state index is 14.7. The van der Waals surface area contributed by atoms with Crippen molar-refractivity contribution in [3.63, 3.8) is 0 Å². The molecule has 3 amide bonds. The van der Waals surface area contributed by atoms with Gasteiger partial charge in [-0.15, -0.1) is 0 Å². The quantitative estimate of drug-likeness (QED) is 0.358. The van der Waals surface area contributed by atoms with Crippen LogP contribution in [0.5, 0.6) is 0 Å². The summed E-state index contributed by atoms with van der Waals surface area (Å²) < 4.78 is 25.3. The first-order valence-corrected chi connectivity index (χ1v) is 13.0. The number of rotatable bonds is 8. The summed E-state index contributed by atoms with van der Waals surface area (Å²) >= 11 is 0. The van der Waals surface area contributed by atoms with Gasteiger partial charge in [0.2, 0.25) is 11.8 Å². The smallest absolute Gasteiger partial charge is 0.414 e. The molecular formula is C19H26FN3O9P2. The molecule has 0 bridgehead atoms. The van der Waals surface area contributed by atoms with Crippen LogP contribution < -0.4 is 9.80 Å². The molecule has 4 N–H and O–H groups in total. The molecule has 34 heavy (non-hydrogen) atoms. The number of halogens is 1. The van der Waals surface area contributed by atoms with Crippen molar-refractivity contribution in [1.82, 2.24) is 4.90 Å². The predicted octanol–water partition coefficient (Wildman–Crippen LogP) is 0.672. The molecule has 0 radical (unpaired) electrons. The standard InChI is InChI=1S/C19H26FN3O9P2/c1-12(24)22(17(25)9-18(33(27)28)34(29)30)10-14-11-23(19(26)32-14)13-2-3-16(15(20)8-13)21-4-6-31-7-5-21/h2-3,8,14,18,27-30H,4-7,9-11H2,1H3. The molecule has 1 atom stereocenters. The van der Waals surface area contributed by atoms with Crippen molar-refractivity contribution < 1.29 is 47.8 Å². The number of imide groups is 1. The van der Waals surface area contributed by atoms with Crippen LogP contribution in [-0.2, 0) is 19.1 Å². The second kappa shape index (κ2) is 11.6. The van der Waals surface area contributed by atoms with E-state index in [-0.39, 0.29) is 18.8 Å². The average Bonchev–Trinajstić information content (AvgIpc) is 3.15. The number of carbonyl (C=O) groups excluding carboxylic acids is 3. The first-order valence-electron chi connectivity index (χ1n) is 10.3.